The number of carbonyl (C=O) groups excluding carboxylic acids is 2. The standard InChI is InChI=1S/C15H21N3O2/c19-14(17-11-13-6-5-8-16-10-13)12-18-9-4-2-1-3-7-15(18)20/h5-6,8,10H,1-4,7,9,11-12H2,(H,17,19). The van der Waals surface area contributed by atoms with E-state index in [1.54, 1.807) is 17.3 Å². The van der Waals surface area contributed by atoms with Crippen molar-refractivity contribution in [1.29, 1.82) is 0 Å². The molecule has 2 amide bonds. The van der Waals surface area contributed by atoms with Crippen molar-refractivity contribution in [3.05, 3.63) is 30.1 Å². The lowest BCUT2D eigenvalue weighted by molar-refractivity contribution is -0.136. The number of hydrogen-bond donors (Lipinski definition) is 1. The molecule has 1 saturated heterocycles. The number of hydrogen-bond acceptors (Lipinski definition) is 3. The fourth-order valence-electron chi connectivity index (χ4n) is 2.32. The van der Waals surface area contributed by atoms with Gasteiger partial charge in [-0.2, -0.15) is 0 Å². The van der Waals surface area contributed by atoms with Crippen molar-refractivity contribution in [2.75, 3.05) is 13.1 Å². The Morgan fingerprint density at radius 3 is 2.95 bits per heavy atom. The topological polar surface area (TPSA) is 62.3 Å². The largest absolute Gasteiger partial charge is 0.350 e. The van der Waals surface area contributed by atoms with Crippen LogP contribution in [-0.4, -0.2) is 34.8 Å². The summed E-state index contributed by atoms with van der Waals surface area (Å²) in [5.74, 6) is -0.0102. The van der Waals surface area contributed by atoms with Crippen molar-refractivity contribution in [2.45, 2.75) is 38.6 Å². The highest BCUT2D eigenvalue weighted by molar-refractivity contribution is 5.84. The van der Waals surface area contributed by atoms with Gasteiger partial charge in [0, 0.05) is 31.9 Å². The quantitative estimate of drug-likeness (QED) is 0.905. The molecule has 1 aromatic rings. The Bertz CT molecular complexity index is 448. The predicted molar refractivity (Wildman–Crippen MR) is 75.7 cm³/mol. The van der Waals surface area contributed by atoms with Crippen LogP contribution in [0, 0.1) is 0 Å². The summed E-state index contributed by atoms with van der Waals surface area (Å²) in [6.45, 7) is 1.31. The van der Waals surface area contributed by atoms with E-state index in [0.717, 1.165) is 31.2 Å². The molecule has 20 heavy (non-hydrogen) atoms. The molecule has 0 unspecified atom stereocenters. The van der Waals surface area contributed by atoms with E-state index < -0.39 is 0 Å². The Morgan fingerprint density at radius 1 is 1.30 bits per heavy atom. The van der Waals surface area contributed by atoms with Crippen molar-refractivity contribution in [2.24, 2.45) is 0 Å². The first-order chi connectivity index (χ1) is 9.75. The molecule has 1 N–H and O–H groups in total. The lowest BCUT2D eigenvalue weighted by atomic mass is 10.1. The summed E-state index contributed by atoms with van der Waals surface area (Å²) >= 11 is 0. The minimum atomic E-state index is -0.109. The van der Waals surface area contributed by atoms with Gasteiger partial charge in [0.25, 0.3) is 0 Å². The van der Waals surface area contributed by atoms with Crippen LogP contribution in [0.1, 0.15) is 37.7 Å². The summed E-state index contributed by atoms with van der Waals surface area (Å²) in [5, 5.41) is 2.83. The van der Waals surface area contributed by atoms with Crippen LogP contribution in [0.3, 0.4) is 0 Å². The molecule has 0 bridgehead atoms. The molecule has 5 heteroatoms. The molecule has 2 rings (SSSR count). The number of nitrogens with zero attached hydrogens (tertiary/aromatic N) is 2. The molecule has 0 aromatic carbocycles. The number of nitrogens with one attached hydrogen (secondary N) is 1. The Kier molecular flexibility index (Phi) is 5.53. The number of pyridine rings is 1. The second-order valence-electron chi connectivity index (χ2n) is 5.12. The maximum Gasteiger partial charge on any atom is 0.239 e. The first kappa shape index (κ1) is 14.5. The second-order valence-corrected chi connectivity index (χ2v) is 5.12. The van der Waals surface area contributed by atoms with E-state index in [1.807, 2.05) is 12.1 Å². The molecule has 0 atom stereocenters. The SMILES string of the molecule is O=C(CN1CCCCCCC1=O)NCc1cccnc1. The normalized spacial score (nSPS) is 16.4. The molecule has 0 saturated carbocycles. The first-order valence-corrected chi connectivity index (χ1v) is 7.19. The smallest absolute Gasteiger partial charge is 0.239 e. The van der Waals surface area contributed by atoms with Gasteiger partial charge in [-0.05, 0) is 24.5 Å². The third kappa shape index (κ3) is 4.64. The zero-order valence-electron chi connectivity index (χ0n) is 11.7. The molecule has 5 nitrogen and oxygen atoms in total. The summed E-state index contributed by atoms with van der Waals surface area (Å²) in [5.41, 5.74) is 0.958. The number of likely N-dealkylation sites (tertiary alicyclic amines) is 1. The molecular weight excluding hydrogens is 254 g/mol. The molecular formula is C15H21N3O2. The van der Waals surface area contributed by atoms with E-state index in [0.29, 0.717) is 19.5 Å². The molecule has 2 heterocycles. The summed E-state index contributed by atoms with van der Waals surface area (Å²) in [6, 6.07) is 3.75. The molecule has 0 aliphatic carbocycles. The number of amides is 2. The summed E-state index contributed by atoms with van der Waals surface area (Å²) in [6.07, 6.45) is 8.17. The first-order valence-electron chi connectivity index (χ1n) is 7.19. The monoisotopic (exact) mass is 275 g/mol. The minimum Gasteiger partial charge on any atom is -0.350 e. The average molecular weight is 275 g/mol. The highest BCUT2D eigenvalue weighted by Crippen LogP contribution is 2.11. The van der Waals surface area contributed by atoms with Crippen LogP contribution in [-0.2, 0) is 16.1 Å². The van der Waals surface area contributed by atoms with Gasteiger partial charge in [-0.3, -0.25) is 14.6 Å². The molecule has 108 valence electrons. The van der Waals surface area contributed by atoms with Crippen LogP contribution in [0.5, 0.6) is 0 Å². The Labute approximate surface area is 119 Å². The van der Waals surface area contributed by atoms with E-state index in [2.05, 4.69) is 10.3 Å². The van der Waals surface area contributed by atoms with Crippen molar-refractivity contribution in [3.63, 3.8) is 0 Å². The highest BCUT2D eigenvalue weighted by atomic mass is 16.2. The van der Waals surface area contributed by atoms with Gasteiger partial charge >= 0.3 is 0 Å². The van der Waals surface area contributed by atoms with Gasteiger partial charge in [-0.25, -0.2) is 0 Å². The third-order valence-corrected chi connectivity index (χ3v) is 3.47. The minimum absolute atomic E-state index is 0.0984. The van der Waals surface area contributed by atoms with Gasteiger partial charge in [0.15, 0.2) is 0 Å². The van der Waals surface area contributed by atoms with E-state index in [9.17, 15) is 9.59 Å². The zero-order valence-corrected chi connectivity index (χ0v) is 11.7. The Morgan fingerprint density at radius 2 is 2.15 bits per heavy atom. The van der Waals surface area contributed by atoms with Gasteiger partial charge in [0.1, 0.15) is 0 Å². The maximum absolute atomic E-state index is 11.9. The van der Waals surface area contributed by atoms with E-state index in [4.69, 9.17) is 0 Å². The van der Waals surface area contributed by atoms with Crippen LogP contribution in [0.15, 0.2) is 24.5 Å². The van der Waals surface area contributed by atoms with Crippen molar-refractivity contribution >= 4 is 11.8 Å². The molecule has 1 aliphatic rings. The fraction of sp³-hybridized carbons (Fsp3) is 0.533. The van der Waals surface area contributed by atoms with Crippen molar-refractivity contribution < 1.29 is 9.59 Å². The average Bonchev–Trinajstić information content (AvgIpc) is 2.46. The summed E-state index contributed by atoms with van der Waals surface area (Å²) in [4.78, 5) is 29.5. The van der Waals surface area contributed by atoms with Gasteiger partial charge < -0.3 is 10.2 Å². The highest BCUT2D eigenvalue weighted by Gasteiger charge is 2.18. The Hall–Kier alpha value is -1.91. The second kappa shape index (κ2) is 7.62. The molecule has 1 aromatic heterocycles. The Balaban J connectivity index is 1.79. The van der Waals surface area contributed by atoms with E-state index in [-0.39, 0.29) is 18.4 Å². The summed E-state index contributed by atoms with van der Waals surface area (Å²) < 4.78 is 0. The molecule has 1 aliphatic heterocycles. The maximum atomic E-state index is 11.9. The van der Waals surface area contributed by atoms with E-state index in [1.165, 1.54) is 0 Å². The number of aromatic nitrogens is 1. The van der Waals surface area contributed by atoms with E-state index >= 15 is 0 Å². The zero-order chi connectivity index (χ0) is 14.2. The molecule has 0 radical (unpaired) electrons. The fourth-order valence-corrected chi connectivity index (χ4v) is 2.32. The molecule has 1 fully saturated rings. The van der Waals surface area contributed by atoms with Crippen LogP contribution in [0.4, 0.5) is 0 Å². The van der Waals surface area contributed by atoms with Gasteiger partial charge in [-0.15, -0.1) is 0 Å². The van der Waals surface area contributed by atoms with Gasteiger partial charge in [0.05, 0.1) is 6.54 Å². The lowest BCUT2D eigenvalue weighted by Crippen LogP contribution is -2.41. The number of rotatable bonds is 4. The van der Waals surface area contributed by atoms with Crippen LogP contribution in [0.25, 0.3) is 0 Å². The van der Waals surface area contributed by atoms with Crippen LogP contribution in [0.2, 0.25) is 0 Å². The van der Waals surface area contributed by atoms with Gasteiger partial charge in [0.2, 0.25) is 11.8 Å². The van der Waals surface area contributed by atoms with Crippen molar-refractivity contribution in [1.82, 2.24) is 15.2 Å². The number of carbonyl (C=O) groups is 2. The van der Waals surface area contributed by atoms with Crippen LogP contribution < -0.4 is 5.32 Å². The lowest BCUT2D eigenvalue weighted by Gasteiger charge is -2.24. The van der Waals surface area contributed by atoms with Crippen LogP contribution >= 0.6 is 0 Å². The van der Waals surface area contributed by atoms with Crippen molar-refractivity contribution in [3.8, 4) is 0 Å². The van der Waals surface area contributed by atoms with Gasteiger partial charge in [-0.1, -0.05) is 18.9 Å². The molecule has 0 spiro atoms. The third-order valence-electron chi connectivity index (χ3n) is 3.47. The predicted octanol–water partition coefficient (Wildman–Crippen LogP) is 1.49. The summed E-state index contributed by atoms with van der Waals surface area (Å²) in [7, 11) is 0.